The average molecular weight is 254 g/mol. The molecule has 2 rings (SSSR count). The third-order valence-electron chi connectivity index (χ3n) is 3.06. The Hall–Kier alpha value is -1.53. The molecule has 2 heterocycles. The number of hydrogen-bond donors (Lipinski definition) is 1. The normalized spacial score (nSPS) is 23.0. The number of carbonyl (C=O) groups is 1. The maximum absolute atomic E-state index is 12.9. The first-order valence-electron chi connectivity index (χ1n) is 5.68. The maximum atomic E-state index is 12.9. The minimum absolute atomic E-state index is 0.243. The van der Waals surface area contributed by atoms with Crippen LogP contribution < -0.4 is 5.32 Å². The zero-order valence-electron chi connectivity index (χ0n) is 10.1. The molecule has 0 bridgehead atoms. The van der Waals surface area contributed by atoms with Gasteiger partial charge in [-0.3, -0.25) is 4.79 Å². The lowest BCUT2D eigenvalue weighted by Gasteiger charge is -2.25. The van der Waals surface area contributed by atoms with Crippen molar-refractivity contribution in [3.63, 3.8) is 0 Å². The number of nitrogens with zero attached hydrogens (tertiary/aromatic N) is 1. The van der Waals surface area contributed by atoms with Gasteiger partial charge in [-0.15, -0.1) is 0 Å². The summed E-state index contributed by atoms with van der Waals surface area (Å²) in [6, 6.07) is 2.56. The van der Waals surface area contributed by atoms with Gasteiger partial charge in [0.1, 0.15) is 5.60 Å². The lowest BCUT2D eigenvalue weighted by atomic mass is 10.0. The number of nitrogens with one attached hydrogen (secondary N) is 1. The molecular weight excluding hydrogens is 239 g/mol. The molecule has 0 aliphatic carbocycles. The number of amides is 1. The summed E-state index contributed by atoms with van der Waals surface area (Å²) < 4.78 is 23.5. The van der Waals surface area contributed by atoms with Gasteiger partial charge in [0.05, 0.1) is 6.61 Å². The number of rotatable bonds is 4. The number of hydrogen-bond acceptors (Lipinski definition) is 4. The quantitative estimate of drug-likeness (QED) is 0.806. The molecule has 0 aromatic carbocycles. The predicted molar refractivity (Wildman–Crippen MR) is 61.7 cm³/mol. The number of pyridine rings is 1. The van der Waals surface area contributed by atoms with Crippen LogP contribution in [0.15, 0.2) is 18.3 Å². The van der Waals surface area contributed by atoms with Gasteiger partial charge in [-0.25, -0.2) is 4.98 Å². The Labute approximate surface area is 104 Å². The minimum Gasteiger partial charge on any atom is -0.378 e. The number of carbonyl (C=O) groups excluding carboxylic acids is 1. The molecule has 98 valence electrons. The first-order valence-corrected chi connectivity index (χ1v) is 5.68. The van der Waals surface area contributed by atoms with Crippen molar-refractivity contribution in [3.8, 4) is 0 Å². The Morgan fingerprint density at radius 3 is 3.17 bits per heavy atom. The van der Waals surface area contributed by atoms with Gasteiger partial charge in [0.25, 0.3) is 5.91 Å². The Morgan fingerprint density at radius 2 is 2.56 bits per heavy atom. The lowest BCUT2D eigenvalue weighted by Crippen LogP contribution is -2.45. The molecule has 1 aliphatic heterocycles. The van der Waals surface area contributed by atoms with Gasteiger partial charge in [-0.1, -0.05) is 0 Å². The Bertz CT molecular complexity index is 433. The summed E-state index contributed by atoms with van der Waals surface area (Å²) >= 11 is 0. The monoisotopic (exact) mass is 254 g/mol. The molecule has 1 N–H and O–H groups in total. The van der Waals surface area contributed by atoms with E-state index in [2.05, 4.69) is 10.3 Å². The van der Waals surface area contributed by atoms with Crippen molar-refractivity contribution in [2.24, 2.45) is 0 Å². The Kier molecular flexibility index (Phi) is 3.88. The van der Waals surface area contributed by atoms with E-state index in [1.54, 1.807) is 7.11 Å². The fraction of sp³-hybridized carbons (Fsp3) is 0.500. The van der Waals surface area contributed by atoms with Crippen LogP contribution in [-0.2, 0) is 9.47 Å². The standard InChI is InChI=1S/C12H15FN2O3/c1-17-12(3-5-18-8-12)7-15-11(16)9-2-4-14-10(13)6-9/h2,4,6H,3,5,7-8H2,1H3,(H,15,16). The summed E-state index contributed by atoms with van der Waals surface area (Å²) in [5.41, 5.74) is -0.228. The van der Waals surface area contributed by atoms with E-state index in [0.717, 1.165) is 12.5 Å². The van der Waals surface area contributed by atoms with Crippen LogP contribution in [0, 0.1) is 5.95 Å². The Balaban J connectivity index is 1.96. The molecule has 6 heteroatoms. The van der Waals surface area contributed by atoms with Crippen LogP contribution >= 0.6 is 0 Å². The Morgan fingerprint density at radius 1 is 1.72 bits per heavy atom. The lowest BCUT2D eigenvalue weighted by molar-refractivity contribution is -0.0148. The van der Waals surface area contributed by atoms with Gasteiger partial charge in [-0.05, 0) is 6.07 Å². The van der Waals surface area contributed by atoms with E-state index in [0.29, 0.717) is 19.8 Å². The number of ether oxygens (including phenoxy) is 2. The van der Waals surface area contributed by atoms with Crippen LogP contribution in [0.25, 0.3) is 0 Å². The smallest absolute Gasteiger partial charge is 0.251 e. The van der Waals surface area contributed by atoms with Crippen LogP contribution in [0.2, 0.25) is 0 Å². The highest BCUT2D eigenvalue weighted by Gasteiger charge is 2.35. The van der Waals surface area contributed by atoms with Crippen molar-refractivity contribution >= 4 is 5.91 Å². The molecule has 0 spiro atoms. The van der Waals surface area contributed by atoms with Gasteiger partial charge >= 0.3 is 0 Å². The van der Waals surface area contributed by atoms with Crippen LogP contribution in [0.3, 0.4) is 0 Å². The van der Waals surface area contributed by atoms with E-state index < -0.39 is 11.5 Å². The molecule has 1 fully saturated rings. The van der Waals surface area contributed by atoms with Crippen LogP contribution in [-0.4, -0.2) is 43.4 Å². The minimum atomic E-state index is -0.673. The highest BCUT2D eigenvalue weighted by molar-refractivity contribution is 5.94. The molecule has 1 aromatic rings. The second kappa shape index (κ2) is 5.41. The van der Waals surface area contributed by atoms with Gasteiger partial charge in [0.2, 0.25) is 5.95 Å². The molecule has 1 aliphatic rings. The van der Waals surface area contributed by atoms with E-state index in [4.69, 9.17) is 9.47 Å². The second-order valence-corrected chi connectivity index (χ2v) is 4.24. The summed E-state index contributed by atoms with van der Waals surface area (Å²) in [5, 5.41) is 2.72. The van der Waals surface area contributed by atoms with E-state index in [-0.39, 0.29) is 11.5 Å². The molecule has 0 radical (unpaired) electrons. The van der Waals surface area contributed by atoms with E-state index >= 15 is 0 Å². The van der Waals surface area contributed by atoms with Crippen LogP contribution in [0.4, 0.5) is 4.39 Å². The molecule has 18 heavy (non-hydrogen) atoms. The van der Waals surface area contributed by atoms with Gasteiger partial charge in [0.15, 0.2) is 0 Å². The summed E-state index contributed by atoms with van der Waals surface area (Å²) in [4.78, 5) is 15.2. The molecule has 0 saturated carbocycles. The van der Waals surface area contributed by atoms with Gasteiger partial charge in [-0.2, -0.15) is 4.39 Å². The number of halogens is 1. The molecule has 1 amide bonds. The summed E-state index contributed by atoms with van der Waals surface area (Å²) in [6.07, 6.45) is 1.99. The van der Waals surface area contributed by atoms with Crippen molar-refractivity contribution in [1.29, 1.82) is 0 Å². The highest BCUT2D eigenvalue weighted by atomic mass is 19.1. The fourth-order valence-electron chi connectivity index (χ4n) is 1.85. The average Bonchev–Trinajstić information content (AvgIpc) is 2.85. The van der Waals surface area contributed by atoms with Crippen LogP contribution in [0.5, 0.6) is 0 Å². The maximum Gasteiger partial charge on any atom is 0.251 e. The summed E-state index contributed by atoms with van der Waals surface area (Å²) in [6.45, 7) is 1.41. The van der Waals surface area contributed by atoms with Crippen molar-refractivity contribution < 1.29 is 18.7 Å². The largest absolute Gasteiger partial charge is 0.378 e. The molecule has 1 aromatic heterocycles. The predicted octanol–water partition coefficient (Wildman–Crippen LogP) is 0.756. The number of methoxy groups -OCH3 is 1. The van der Waals surface area contributed by atoms with E-state index in [1.807, 2.05) is 0 Å². The van der Waals surface area contributed by atoms with Crippen molar-refractivity contribution in [2.45, 2.75) is 12.0 Å². The second-order valence-electron chi connectivity index (χ2n) is 4.24. The van der Waals surface area contributed by atoms with Crippen molar-refractivity contribution in [2.75, 3.05) is 26.9 Å². The summed E-state index contributed by atoms with van der Waals surface area (Å²) in [7, 11) is 1.59. The topological polar surface area (TPSA) is 60.5 Å². The van der Waals surface area contributed by atoms with Crippen molar-refractivity contribution in [1.82, 2.24) is 10.3 Å². The molecule has 5 nitrogen and oxygen atoms in total. The number of aromatic nitrogens is 1. The first kappa shape index (κ1) is 12.9. The van der Waals surface area contributed by atoms with Crippen LogP contribution in [0.1, 0.15) is 16.8 Å². The van der Waals surface area contributed by atoms with Gasteiger partial charge < -0.3 is 14.8 Å². The molecule has 1 atom stereocenters. The zero-order valence-corrected chi connectivity index (χ0v) is 10.1. The highest BCUT2D eigenvalue weighted by Crippen LogP contribution is 2.21. The fourth-order valence-corrected chi connectivity index (χ4v) is 1.85. The molecule has 1 unspecified atom stereocenters. The SMILES string of the molecule is COC1(CNC(=O)c2ccnc(F)c2)CCOC1. The zero-order chi connectivity index (χ0) is 13.0. The summed E-state index contributed by atoms with van der Waals surface area (Å²) in [5.74, 6) is -1.02. The molecule has 1 saturated heterocycles. The van der Waals surface area contributed by atoms with E-state index in [9.17, 15) is 9.18 Å². The van der Waals surface area contributed by atoms with Gasteiger partial charge in [0, 0.05) is 44.5 Å². The third kappa shape index (κ3) is 2.83. The van der Waals surface area contributed by atoms with Crippen molar-refractivity contribution in [3.05, 3.63) is 29.8 Å². The molecular formula is C12H15FN2O3. The first-order chi connectivity index (χ1) is 8.65. The van der Waals surface area contributed by atoms with E-state index in [1.165, 1.54) is 12.3 Å². The third-order valence-corrected chi connectivity index (χ3v) is 3.06.